The van der Waals surface area contributed by atoms with Crippen LogP contribution in [0.4, 0.5) is 0 Å². The normalized spacial score (nSPS) is 30.8. The van der Waals surface area contributed by atoms with Crippen LogP contribution in [0, 0.1) is 0 Å². The number of aliphatic hydroxyl groups is 4. The highest BCUT2D eigenvalue weighted by Crippen LogP contribution is 2.36. The average molecular weight is 988 g/mol. The monoisotopic (exact) mass is 987 g/mol. The largest absolute Gasteiger partial charge is 0.394 e. The molecule has 0 bridgehead atoms. The van der Waals surface area contributed by atoms with Crippen LogP contribution in [-0.2, 0) is 83.4 Å². The number of carbonyl (C=O) groups is 3. The van der Waals surface area contributed by atoms with Gasteiger partial charge in [-0.2, -0.15) is 0 Å². The van der Waals surface area contributed by atoms with Gasteiger partial charge in [0.15, 0.2) is 18.9 Å². The maximum atomic E-state index is 13.4. The van der Waals surface area contributed by atoms with Gasteiger partial charge in [0.05, 0.1) is 46.2 Å². The number of nitrogens with one attached hydrogen (secondary N) is 3. The Balaban J connectivity index is 1.30. The van der Waals surface area contributed by atoms with E-state index in [-0.39, 0.29) is 39.6 Å². The van der Waals surface area contributed by atoms with Crippen molar-refractivity contribution < 1.29 is 77.4 Å². The highest BCUT2D eigenvalue weighted by Gasteiger charge is 2.56. The van der Waals surface area contributed by atoms with Crippen LogP contribution in [0.1, 0.15) is 43.0 Å². The van der Waals surface area contributed by atoms with E-state index >= 15 is 0 Å². The summed E-state index contributed by atoms with van der Waals surface area (Å²) in [6.45, 7) is 3.05. The van der Waals surface area contributed by atoms with Crippen molar-refractivity contribution in [1.29, 1.82) is 0 Å². The van der Waals surface area contributed by atoms with Gasteiger partial charge in [0.1, 0.15) is 73.1 Å². The number of aliphatic hydroxyl groups excluding tert-OH is 4. The second-order valence-corrected chi connectivity index (χ2v) is 17.7. The Kier molecular flexibility index (Phi) is 20.0. The van der Waals surface area contributed by atoms with Crippen LogP contribution in [0.3, 0.4) is 0 Å². The van der Waals surface area contributed by atoms with Gasteiger partial charge < -0.3 is 79.0 Å². The number of hydrogen-bond donors (Lipinski definition) is 7. The third-order valence-corrected chi connectivity index (χ3v) is 12.2. The molecule has 0 radical (unpaired) electrons. The van der Waals surface area contributed by atoms with Gasteiger partial charge in [0.25, 0.3) is 0 Å². The van der Waals surface area contributed by atoms with E-state index in [1.807, 2.05) is 121 Å². The molecule has 15 atom stereocenters. The van der Waals surface area contributed by atoms with Crippen molar-refractivity contribution in [2.75, 3.05) is 19.8 Å². The summed E-state index contributed by atoms with van der Waals surface area (Å²) in [5.74, 6) is -1.58. The first-order valence-electron chi connectivity index (χ1n) is 23.7. The van der Waals surface area contributed by atoms with Crippen LogP contribution in [-0.4, -0.2) is 150 Å². The molecule has 384 valence electrons. The highest BCUT2D eigenvalue weighted by molar-refractivity contribution is 5.74. The minimum atomic E-state index is -1.66. The van der Waals surface area contributed by atoms with Gasteiger partial charge in [-0.1, -0.05) is 121 Å². The summed E-state index contributed by atoms with van der Waals surface area (Å²) in [7, 11) is 0. The summed E-state index contributed by atoms with van der Waals surface area (Å²) in [6.07, 6.45) is -16.3. The van der Waals surface area contributed by atoms with Crippen molar-refractivity contribution in [3.63, 3.8) is 0 Å². The molecule has 3 aliphatic heterocycles. The number of ether oxygens (including phenoxy) is 9. The maximum absolute atomic E-state index is 13.4. The van der Waals surface area contributed by atoms with Crippen molar-refractivity contribution in [2.24, 2.45) is 0 Å². The fraction of sp³-hybridized carbons (Fsp3) is 0.481. The molecule has 0 spiro atoms. The number of carbonyl (C=O) groups excluding carboxylic acids is 3. The Morgan fingerprint density at radius 1 is 0.465 bits per heavy atom. The van der Waals surface area contributed by atoms with Crippen LogP contribution in [0.25, 0.3) is 0 Å². The van der Waals surface area contributed by atoms with Crippen LogP contribution >= 0.6 is 0 Å². The minimum Gasteiger partial charge on any atom is -0.394 e. The Hall–Kier alpha value is -5.23. The number of hydrogen-bond acceptors (Lipinski definition) is 16. The molecule has 19 heteroatoms. The molecular formula is C52H65N3O16. The minimum absolute atomic E-state index is 0.0212. The quantitative estimate of drug-likeness (QED) is 0.0593. The second kappa shape index (κ2) is 26.5. The lowest BCUT2D eigenvalue weighted by atomic mass is 9.93. The molecule has 0 aromatic heterocycles. The maximum Gasteiger partial charge on any atom is 0.217 e. The van der Waals surface area contributed by atoms with E-state index in [9.17, 15) is 34.8 Å². The highest BCUT2D eigenvalue weighted by atomic mass is 16.7. The van der Waals surface area contributed by atoms with Gasteiger partial charge in [-0.3, -0.25) is 14.4 Å². The molecule has 3 saturated heterocycles. The van der Waals surface area contributed by atoms with E-state index in [0.29, 0.717) is 0 Å². The van der Waals surface area contributed by atoms with Crippen molar-refractivity contribution in [2.45, 2.75) is 139 Å². The summed E-state index contributed by atoms with van der Waals surface area (Å²) >= 11 is 0. The molecule has 3 fully saturated rings. The molecule has 0 aliphatic carbocycles. The molecule has 19 nitrogen and oxygen atoms in total. The summed E-state index contributed by atoms with van der Waals surface area (Å²) in [5.41, 5.74) is 3.23. The molecule has 0 saturated carbocycles. The summed E-state index contributed by atoms with van der Waals surface area (Å²) in [4.78, 5) is 38.8. The topological polar surface area (TPSA) is 251 Å². The Morgan fingerprint density at radius 3 is 1.27 bits per heavy atom. The SMILES string of the molecule is CC(=O)N[C@@H]1[C@@H](OCc2ccccc2)[C@@H](O[C@@H]2O[C@H](COCc3ccccc3)[C@H](O[C@@H]3O[C@H](CO)[C@H](O)[C@H](O)[C@H]3NC(C)=O)[C@H](OCc3ccccc3)[C@H]2NC(C)=O)[C@@H](COCc2ccccc2)O[C@H]1O. The molecule has 7 N–H and O–H groups in total. The first-order valence-corrected chi connectivity index (χ1v) is 23.7. The lowest BCUT2D eigenvalue weighted by molar-refractivity contribution is -0.358. The van der Waals surface area contributed by atoms with E-state index < -0.39 is 116 Å². The predicted octanol–water partition coefficient (Wildman–Crippen LogP) is 1.76. The molecule has 71 heavy (non-hydrogen) atoms. The van der Waals surface area contributed by atoms with Gasteiger partial charge in [0.2, 0.25) is 17.7 Å². The second-order valence-electron chi connectivity index (χ2n) is 17.7. The smallest absolute Gasteiger partial charge is 0.217 e. The van der Waals surface area contributed by atoms with E-state index in [0.717, 1.165) is 22.3 Å². The van der Waals surface area contributed by atoms with E-state index in [1.54, 1.807) is 0 Å². The molecular weight excluding hydrogens is 923 g/mol. The van der Waals surface area contributed by atoms with Crippen LogP contribution in [0.5, 0.6) is 0 Å². The number of benzene rings is 4. The zero-order valence-electron chi connectivity index (χ0n) is 39.8. The van der Waals surface area contributed by atoms with Gasteiger partial charge in [0, 0.05) is 20.8 Å². The molecule has 0 unspecified atom stereocenters. The van der Waals surface area contributed by atoms with Crippen LogP contribution in [0.15, 0.2) is 121 Å². The van der Waals surface area contributed by atoms with Gasteiger partial charge in [-0.05, 0) is 22.3 Å². The third kappa shape index (κ3) is 14.9. The Bertz CT molecular complexity index is 2240. The van der Waals surface area contributed by atoms with E-state index in [4.69, 9.17) is 42.6 Å². The van der Waals surface area contributed by atoms with Crippen molar-refractivity contribution >= 4 is 17.7 Å². The molecule has 4 aromatic carbocycles. The van der Waals surface area contributed by atoms with Crippen LogP contribution in [0.2, 0.25) is 0 Å². The molecule has 7 rings (SSSR count). The number of amides is 3. The van der Waals surface area contributed by atoms with E-state index in [1.165, 1.54) is 20.8 Å². The summed E-state index contributed by atoms with van der Waals surface area (Å²) in [6, 6.07) is 33.5. The summed E-state index contributed by atoms with van der Waals surface area (Å²) < 4.78 is 59.0. The zero-order valence-corrected chi connectivity index (χ0v) is 39.8. The van der Waals surface area contributed by atoms with Crippen LogP contribution < -0.4 is 16.0 Å². The van der Waals surface area contributed by atoms with Gasteiger partial charge >= 0.3 is 0 Å². The fourth-order valence-electron chi connectivity index (χ4n) is 8.87. The lowest BCUT2D eigenvalue weighted by Crippen LogP contribution is -2.71. The van der Waals surface area contributed by atoms with Crippen molar-refractivity contribution in [1.82, 2.24) is 16.0 Å². The molecule has 3 aliphatic rings. The standard InChI is InChI=1S/C52H65N3O16/c1-31(57)53-41-45(61)44(60)38(24-56)68-51(41)70-47-40(30-64-26-35-18-10-5-11-19-35)69-52(43(55-33(3)59)49(47)66-28-37-22-14-7-15-23-37)71-46-39(29-63-25-34-16-8-4-9-17-34)67-50(62)42(54-32(2)58)48(46)65-27-36-20-12-6-13-21-36/h4-23,38-52,56,60-62H,24-30H2,1-3H3,(H,53,57)(H,54,58)(H,55,59)/t38-,39-,40-,41-,42-,43-,44+,45-,46+,47+,48-,49-,50-,51+,52+/m1/s1. The molecule has 4 aromatic rings. The Morgan fingerprint density at radius 2 is 0.831 bits per heavy atom. The zero-order chi connectivity index (χ0) is 50.3. The number of rotatable bonds is 22. The lowest BCUT2D eigenvalue weighted by Gasteiger charge is -2.51. The average Bonchev–Trinajstić information content (AvgIpc) is 3.36. The molecule has 3 heterocycles. The Labute approximate surface area is 412 Å². The van der Waals surface area contributed by atoms with Gasteiger partial charge in [-0.15, -0.1) is 0 Å². The first-order chi connectivity index (χ1) is 34.4. The van der Waals surface area contributed by atoms with Gasteiger partial charge in [-0.25, -0.2) is 0 Å². The summed E-state index contributed by atoms with van der Waals surface area (Å²) in [5, 5.41) is 52.4. The molecule has 3 amide bonds. The van der Waals surface area contributed by atoms with E-state index in [2.05, 4.69) is 16.0 Å². The predicted molar refractivity (Wildman–Crippen MR) is 252 cm³/mol. The fourth-order valence-corrected chi connectivity index (χ4v) is 8.87. The van der Waals surface area contributed by atoms with Crippen molar-refractivity contribution in [3.8, 4) is 0 Å². The first kappa shape index (κ1) is 53.6. The third-order valence-electron chi connectivity index (χ3n) is 12.2. The van der Waals surface area contributed by atoms with Crippen molar-refractivity contribution in [3.05, 3.63) is 144 Å².